The summed E-state index contributed by atoms with van der Waals surface area (Å²) in [6.07, 6.45) is 27.5. The Bertz CT molecular complexity index is 246. The predicted molar refractivity (Wildman–Crippen MR) is 68.8 cm³/mol. The van der Waals surface area contributed by atoms with Gasteiger partial charge in [0, 0.05) is 0 Å². The van der Waals surface area contributed by atoms with E-state index in [1.54, 1.807) is 0 Å². The second-order valence-electron chi connectivity index (χ2n) is 3.65. The molecule has 0 unspecified atom stereocenters. The standard InChI is InChI=1S/C15H20/c1-2-4-6-8-10-12-14-15-13-11-9-7-5-3-1/h1-10H,11-15H2. The van der Waals surface area contributed by atoms with Crippen LogP contribution in [0.3, 0.4) is 0 Å². The molecule has 1 aliphatic carbocycles. The molecule has 15 heavy (non-hydrogen) atoms. The van der Waals surface area contributed by atoms with Crippen molar-refractivity contribution in [3.63, 3.8) is 0 Å². The molecule has 0 amide bonds. The number of rotatable bonds is 0. The van der Waals surface area contributed by atoms with Crippen molar-refractivity contribution in [2.24, 2.45) is 0 Å². The quantitative estimate of drug-likeness (QED) is 0.530. The SMILES string of the molecule is C1=CC=CC=CCCCCCC=CC=C1. The van der Waals surface area contributed by atoms with Gasteiger partial charge in [0.05, 0.1) is 0 Å². The van der Waals surface area contributed by atoms with E-state index in [1.807, 2.05) is 12.2 Å². The first-order chi connectivity index (χ1) is 7.50. The van der Waals surface area contributed by atoms with Crippen molar-refractivity contribution < 1.29 is 0 Å². The first-order valence-corrected chi connectivity index (χ1v) is 5.82. The number of hydrogen-bond donors (Lipinski definition) is 0. The van der Waals surface area contributed by atoms with Crippen molar-refractivity contribution in [1.82, 2.24) is 0 Å². The summed E-state index contributed by atoms with van der Waals surface area (Å²) in [5.41, 5.74) is 0. The Morgan fingerprint density at radius 1 is 0.400 bits per heavy atom. The third-order valence-corrected chi connectivity index (χ3v) is 2.29. The molecular weight excluding hydrogens is 180 g/mol. The Labute approximate surface area is 93.4 Å². The van der Waals surface area contributed by atoms with Gasteiger partial charge >= 0.3 is 0 Å². The zero-order valence-electron chi connectivity index (χ0n) is 9.31. The molecule has 0 nitrogen and oxygen atoms in total. The van der Waals surface area contributed by atoms with Crippen LogP contribution in [0.1, 0.15) is 32.1 Å². The van der Waals surface area contributed by atoms with Gasteiger partial charge in [0.25, 0.3) is 0 Å². The molecule has 80 valence electrons. The van der Waals surface area contributed by atoms with Gasteiger partial charge in [-0.05, 0) is 25.7 Å². The fourth-order valence-corrected chi connectivity index (χ4v) is 1.44. The van der Waals surface area contributed by atoms with Gasteiger partial charge in [-0.3, -0.25) is 0 Å². The second-order valence-corrected chi connectivity index (χ2v) is 3.65. The maximum atomic E-state index is 2.25. The van der Waals surface area contributed by atoms with Crippen LogP contribution >= 0.6 is 0 Å². The summed E-state index contributed by atoms with van der Waals surface area (Å²) in [6, 6.07) is 0. The molecule has 0 aromatic rings. The number of hydrogen-bond acceptors (Lipinski definition) is 0. The van der Waals surface area contributed by atoms with Gasteiger partial charge in [0.2, 0.25) is 0 Å². The summed E-state index contributed by atoms with van der Waals surface area (Å²) in [5, 5.41) is 0. The maximum Gasteiger partial charge on any atom is -0.0348 e. The zero-order chi connectivity index (χ0) is 10.6. The molecule has 0 heteroatoms. The smallest absolute Gasteiger partial charge is 0.0348 e. The van der Waals surface area contributed by atoms with Gasteiger partial charge in [-0.15, -0.1) is 0 Å². The van der Waals surface area contributed by atoms with E-state index >= 15 is 0 Å². The lowest BCUT2D eigenvalue weighted by molar-refractivity contribution is 0.696. The van der Waals surface area contributed by atoms with Crippen molar-refractivity contribution >= 4 is 0 Å². The van der Waals surface area contributed by atoms with E-state index in [2.05, 4.69) is 48.6 Å². The molecule has 0 atom stereocenters. The summed E-state index contributed by atoms with van der Waals surface area (Å²) < 4.78 is 0. The van der Waals surface area contributed by atoms with Crippen molar-refractivity contribution in [3.05, 3.63) is 60.8 Å². The van der Waals surface area contributed by atoms with Gasteiger partial charge in [-0.1, -0.05) is 67.2 Å². The van der Waals surface area contributed by atoms with E-state index in [-0.39, 0.29) is 0 Å². The van der Waals surface area contributed by atoms with Crippen LogP contribution in [0.5, 0.6) is 0 Å². The van der Waals surface area contributed by atoms with Gasteiger partial charge in [0.1, 0.15) is 0 Å². The van der Waals surface area contributed by atoms with Crippen LogP contribution in [0.15, 0.2) is 60.8 Å². The normalized spacial score (nSPS) is 18.7. The third kappa shape index (κ3) is 7.75. The number of allylic oxidation sites excluding steroid dienone is 10. The summed E-state index contributed by atoms with van der Waals surface area (Å²) in [6.45, 7) is 0. The molecule has 0 heterocycles. The summed E-state index contributed by atoms with van der Waals surface area (Å²) in [5.74, 6) is 0. The van der Waals surface area contributed by atoms with Crippen molar-refractivity contribution in [3.8, 4) is 0 Å². The molecular formula is C15H20. The first-order valence-electron chi connectivity index (χ1n) is 5.82. The van der Waals surface area contributed by atoms with Gasteiger partial charge in [0.15, 0.2) is 0 Å². The summed E-state index contributed by atoms with van der Waals surface area (Å²) in [4.78, 5) is 0. The Kier molecular flexibility index (Phi) is 7.27. The molecule has 0 radical (unpaired) electrons. The van der Waals surface area contributed by atoms with E-state index < -0.39 is 0 Å². The molecule has 1 rings (SSSR count). The van der Waals surface area contributed by atoms with E-state index in [0.717, 1.165) is 0 Å². The molecule has 0 saturated heterocycles. The molecule has 0 aliphatic heterocycles. The van der Waals surface area contributed by atoms with E-state index in [9.17, 15) is 0 Å². The molecule has 0 aromatic heterocycles. The Hall–Kier alpha value is -1.30. The molecule has 1 aliphatic rings. The minimum Gasteiger partial charge on any atom is -0.0845 e. The molecule has 0 bridgehead atoms. The molecule has 0 fully saturated rings. The van der Waals surface area contributed by atoms with Crippen molar-refractivity contribution in [1.29, 1.82) is 0 Å². The Morgan fingerprint density at radius 2 is 0.800 bits per heavy atom. The minimum absolute atomic E-state index is 1.20. The van der Waals surface area contributed by atoms with Crippen LogP contribution in [0, 0.1) is 0 Å². The largest absolute Gasteiger partial charge is 0.0845 e. The molecule has 0 spiro atoms. The van der Waals surface area contributed by atoms with Crippen LogP contribution in [0.2, 0.25) is 0 Å². The third-order valence-electron chi connectivity index (χ3n) is 2.29. The predicted octanol–water partition coefficient (Wildman–Crippen LogP) is 4.73. The van der Waals surface area contributed by atoms with Gasteiger partial charge in [-0.2, -0.15) is 0 Å². The van der Waals surface area contributed by atoms with E-state index in [1.165, 1.54) is 32.1 Å². The average Bonchev–Trinajstić information content (AvgIpc) is 2.27. The first kappa shape index (κ1) is 11.8. The highest BCUT2D eigenvalue weighted by atomic mass is 13.9. The van der Waals surface area contributed by atoms with Crippen molar-refractivity contribution in [2.75, 3.05) is 0 Å². The monoisotopic (exact) mass is 200 g/mol. The van der Waals surface area contributed by atoms with Gasteiger partial charge < -0.3 is 0 Å². The van der Waals surface area contributed by atoms with E-state index in [0.29, 0.717) is 0 Å². The highest BCUT2D eigenvalue weighted by Crippen LogP contribution is 2.04. The molecule has 0 N–H and O–H groups in total. The van der Waals surface area contributed by atoms with Crippen LogP contribution in [0.25, 0.3) is 0 Å². The highest BCUT2D eigenvalue weighted by Gasteiger charge is 1.84. The van der Waals surface area contributed by atoms with Crippen LogP contribution < -0.4 is 0 Å². The van der Waals surface area contributed by atoms with Gasteiger partial charge in [-0.25, -0.2) is 0 Å². The van der Waals surface area contributed by atoms with Crippen molar-refractivity contribution in [2.45, 2.75) is 32.1 Å². The summed E-state index contributed by atoms with van der Waals surface area (Å²) >= 11 is 0. The second kappa shape index (κ2) is 9.26. The minimum atomic E-state index is 1.20. The molecule has 0 aromatic carbocycles. The lowest BCUT2D eigenvalue weighted by Gasteiger charge is -1.94. The Balaban J connectivity index is 2.43. The topological polar surface area (TPSA) is 0 Å². The Morgan fingerprint density at radius 3 is 1.27 bits per heavy atom. The van der Waals surface area contributed by atoms with Crippen LogP contribution in [0.4, 0.5) is 0 Å². The van der Waals surface area contributed by atoms with Crippen LogP contribution in [-0.2, 0) is 0 Å². The lowest BCUT2D eigenvalue weighted by atomic mass is 10.1. The fourth-order valence-electron chi connectivity index (χ4n) is 1.44. The molecule has 0 saturated carbocycles. The fraction of sp³-hybridized carbons (Fsp3) is 0.333. The zero-order valence-corrected chi connectivity index (χ0v) is 9.31. The summed E-state index contributed by atoms with van der Waals surface area (Å²) in [7, 11) is 0. The maximum absolute atomic E-state index is 2.25. The van der Waals surface area contributed by atoms with Crippen LogP contribution in [-0.4, -0.2) is 0 Å². The average molecular weight is 200 g/mol. The highest BCUT2D eigenvalue weighted by molar-refractivity contribution is 5.17. The van der Waals surface area contributed by atoms with E-state index in [4.69, 9.17) is 0 Å². The lowest BCUT2D eigenvalue weighted by Crippen LogP contribution is -1.74.